The number of hydrogen-bond donors (Lipinski definition) is 5. The van der Waals surface area contributed by atoms with Crippen LogP contribution in [0.1, 0.15) is 136 Å². The summed E-state index contributed by atoms with van der Waals surface area (Å²) in [5, 5.41) is 19.6. The highest BCUT2D eigenvalue weighted by Gasteiger charge is 2.28. The molecule has 2 unspecified atom stereocenters. The molecule has 0 aromatic heterocycles. The maximum atomic E-state index is 12.7. The molecule has 14 nitrogen and oxygen atoms in total. The molecule has 0 aliphatic heterocycles. The van der Waals surface area contributed by atoms with E-state index in [9.17, 15) is 33.8 Å². The fourth-order valence-corrected chi connectivity index (χ4v) is 6.44. The molecule has 5 N–H and O–H groups in total. The molecule has 0 spiro atoms. The number of carbonyl (C=O) groups excluding carboxylic acids is 2. The fourth-order valence-electron chi connectivity index (χ4n) is 5.29. The maximum absolute atomic E-state index is 12.7. The van der Waals surface area contributed by atoms with E-state index in [0.717, 1.165) is 64.2 Å². The van der Waals surface area contributed by atoms with Crippen LogP contribution in [0.4, 0.5) is 0 Å². The Kier molecular flexibility index (Phi) is 40.2. The summed E-state index contributed by atoms with van der Waals surface area (Å²) in [5.41, 5.74) is 0. The number of phosphoric acid groups is 2. The molecule has 0 heterocycles. The molecule has 0 aliphatic carbocycles. The van der Waals surface area contributed by atoms with Gasteiger partial charge in [-0.25, -0.2) is 9.13 Å². The summed E-state index contributed by atoms with van der Waals surface area (Å²) in [7, 11) is -9.74. The van der Waals surface area contributed by atoms with E-state index in [4.69, 9.17) is 23.8 Å². The van der Waals surface area contributed by atoms with Crippen molar-refractivity contribution in [2.75, 3.05) is 26.4 Å². The summed E-state index contributed by atoms with van der Waals surface area (Å²) in [4.78, 5) is 52.7. The van der Waals surface area contributed by atoms with Gasteiger partial charge in [-0.15, -0.1) is 0 Å². The largest absolute Gasteiger partial charge is 0.472 e. The van der Waals surface area contributed by atoms with Crippen LogP contribution in [-0.2, 0) is 41.8 Å². The Labute approximate surface area is 383 Å². The monoisotopic (exact) mass is 940 g/mol. The van der Waals surface area contributed by atoms with Crippen molar-refractivity contribution in [2.24, 2.45) is 0 Å². The minimum atomic E-state index is -4.89. The average molecular weight is 941 g/mol. The minimum Gasteiger partial charge on any atom is -0.462 e. The van der Waals surface area contributed by atoms with Gasteiger partial charge in [0, 0.05) is 12.8 Å². The minimum absolute atomic E-state index is 0.0211. The van der Waals surface area contributed by atoms with Crippen LogP contribution in [0.15, 0.2) is 109 Å². The van der Waals surface area contributed by atoms with E-state index in [2.05, 4.69) is 71.5 Å². The predicted molar refractivity (Wildman–Crippen MR) is 254 cm³/mol. The number of esters is 2. The second kappa shape index (κ2) is 42.4. The molecule has 0 rings (SSSR count). The van der Waals surface area contributed by atoms with E-state index < -0.39 is 72.3 Å². The van der Waals surface area contributed by atoms with Crippen LogP contribution >= 0.6 is 15.6 Å². The summed E-state index contributed by atoms with van der Waals surface area (Å²) in [6, 6.07) is 0. The molecule has 0 saturated heterocycles. The van der Waals surface area contributed by atoms with Gasteiger partial charge in [0.05, 0.1) is 25.9 Å². The molecule has 0 bridgehead atoms. The summed E-state index contributed by atoms with van der Waals surface area (Å²) in [6.07, 6.45) is 48.5. The topological polar surface area (TPSA) is 216 Å². The first-order valence-electron chi connectivity index (χ1n) is 22.7. The third-order valence-corrected chi connectivity index (χ3v) is 10.2. The Balaban J connectivity index is 4.72. The Morgan fingerprint density at radius 1 is 0.531 bits per heavy atom. The quantitative estimate of drug-likeness (QED) is 0.0127. The van der Waals surface area contributed by atoms with Crippen LogP contribution in [-0.4, -0.2) is 81.6 Å². The Hall–Kier alpha value is -3.26. The van der Waals surface area contributed by atoms with Crippen molar-refractivity contribution in [2.45, 2.75) is 154 Å². The third-order valence-electron chi connectivity index (χ3n) is 8.73. The van der Waals surface area contributed by atoms with Gasteiger partial charge in [0.15, 0.2) is 6.10 Å². The van der Waals surface area contributed by atoms with Gasteiger partial charge in [-0.05, 0) is 83.5 Å². The van der Waals surface area contributed by atoms with Crippen LogP contribution in [0.3, 0.4) is 0 Å². The van der Waals surface area contributed by atoms with E-state index >= 15 is 0 Å². The second-order valence-corrected chi connectivity index (χ2v) is 17.5. The van der Waals surface area contributed by atoms with E-state index in [1.165, 1.54) is 19.3 Å². The van der Waals surface area contributed by atoms with Gasteiger partial charge in [0.2, 0.25) is 0 Å². The molecule has 0 fully saturated rings. The van der Waals surface area contributed by atoms with E-state index in [1.54, 1.807) is 6.08 Å². The molecule has 0 amide bonds. The lowest BCUT2D eigenvalue weighted by Crippen LogP contribution is -2.29. The first-order chi connectivity index (χ1) is 30.8. The second-order valence-electron chi connectivity index (χ2n) is 14.8. The van der Waals surface area contributed by atoms with Gasteiger partial charge >= 0.3 is 27.6 Å². The molecule has 16 heteroatoms. The number of rotatable bonds is 41. The van der Waals surface area contributed by atoms with E-state index in [0.29, 0.717) is 25.7 Å². The van der Waals surface area contributed by atoms with Gasteiger partial charge in [0.25, 0.3) is 0 Å². The maximum Gasteiger partial charge on any atom is 0.472 e. The Morgan fingerprint density at radius 2 is 1.06 bits per heavy atom. The first kappa shape index (κ1) is 60.7. The summed E-state index contributed by atoms with van der Waals surface area (Å²) in [5.74, 6) is -1.19. The fraction of sp³-hybridized carbons (Fsp3) is 0.583. The van der Waals surface area contributed by atoms with Crippen molar-refractivity contribution in [1.82, 2.24) is 0 Å². The van der Waals surface area contributed by atoms with Crippen molar-refractivity contribution < 1.29 is 66.7 Å². The van der Waals surface area contributed by atoms with Crippen molar-refractivity contribution in [3.05, 3.63) is 109 Å². The van der Waals surface area contributed by atoms with Crippen LogP contribution in [0, 0.1) is 0 Å². The summed E-state index contributed by atoms with van der Waals surface area (Å²) < 4.78 is 47.7. The van der Waals surface area contributed by atoms with E-state index in [1.807, 2.05) is 54.7 Å². The highest BCUT2D eigenvalue weighted by Crippen LogP contribution is 2.43. The highest BCUT2D eigenvalue weighted by molar-refractivity contribution is 7.47. The number of unbranched alkanes of at least 4 members (excludes halogenated alkanes) is 7. The zero-order valence-corrected chi connectivity index (χ0v) is 40.0. The van der Waals surface area contributed by atoms with E-state index in [-0.39, 0.29) is 12.8 Å². The third kappa shape index (κ3) is 45.3. The van der Waals surface area contributed by atoms with Gasteiger partial charge in [0.1, 0.15) is 12.7 Å². The normalized spacial score (nSPS) is 15.4. The molecule has 0 aliphatic rings. The zero-order valence-electron chi connectivity index (χ0n) is 38.2. The number of aliphatic hydroxyl groups excluding tert-OH is 2. The SMILES string of the molecule is CC/C=C\CC(O)/C=C/C=C/C/C=C\C/C=C\C/C=C\CCC(=O)O[C@H](COC(=O)CCCCCC/C=C\C/C=C\C/C=C\CCCCC)COP(=O)(O)OC[C@@H](O)COP(=O)(O)O. The van der Waals surface area contributed by atoms with Crippen LogP contribution in [0.5, 0.6) is 0 Å². The first-order valence-corrected chi connectivity index (χ1v) is 25.7. The van der Waals surface area contributed by atoms with Gasteiger partial charge in [-0.2, -0.15) is 0 Å². The van der Waals surface area contributed by atoms with Crippen molar-refractivity contribution in [3.8, 4) is 0 Å². The lowest BCUT2D eigenvalue weighted by Gasteiger charge is -2.20. The average Bonchev–Trinajstić information content (AvgIpc) is 3.25. The predicted octanol–water partition coefficient (Wildman–Crippen LogP) is 10.9. The van der Waals surface area contributed by atoms with Gasteiger partial charge in [-0.1, -0.05) is 149 Å². The molecule has 4 atom stereocenters. The molecular formula is C48H78O14P2. The van der Waals surface area contributed by atoms with Crippen LogP contribution < -0.4 is 0 Å². The molecule has 64 heavy (non-hydrogen) atoms. The number of hydrogen-bond acceptors (Lipinski definition) is 11. The molecule has 0 radical (unpaired) electrons. The summed E-state index contributed by atoms with van der Waals surface area (Å²) >= 11 is 0. The molecule has 0 aromatic carbocycles. The summed E-state index contributed by atoms with van der Waals surface area (Å²) in [6.45, 7) is 1.39. The molecule has 0 aromatic rings. The van der Waals surface area contributed by atoms with Gasteiger partial charge in [-0.3, -0.25) is 23.2 Å². The molecule has 364 valence electrons. The van der Waals surface area contributed by atoms with Crippen LogP contribution in [0.25, 0.3) is 0 Å². The van der Waals surface area contributed by atoms with Crippen LogP contribution in [0.2, 0.25) is 0 Å². The standard InChI is InChI=1S/C48H78O14P2/c1-3-5-7-8-9-10-11-12-13-14-15-18-21-24-27-30-34-38-47(51)58-42-46(43-61-64(56,57)60-41-45(50)40-59-63(53,54)55)62-48(52)39-35-31-28-25-22-19-16-17-20-23-26-29-33-37-44(49)36-32-6-4-2/h6,9-10,12-13,15,17-20,22,26,28-29,31-33,37,44-46,49-50H,3-5,7-8,11,14,16,21,23-25,27,30,34-36,38-43H2,1-2H3,(H,56,57)(H2,53,54,55)/b10-9-,13-12-,18-15-,20-17-,22-19-,29-26+,31-28-,32-6-,37-33+/t44?,45-,46+/m0/s1. The number of phosphoric ester groups is 2. The number of carbonyl (C=O) groups is 2. The number of aliphatic hydroxyl groups is 2. The lowest BCUT2D eigenvalue weighted by molar-refractivity contribution is -0.161. The van der Waals surface area contributed by atoms with Crippen molar-refractivity contribution >= 4 is 27.6 Å². The number of ether oxygens (including phenoxy) is 2. The smallest absolute Gasteiger partial charge is 0.462 e. The van der Waals surface area contributed by atoms with Crippen molar-refractivity contribution in [3.63, 3.8) is 0 Å². The number of allylic oxidation sites excluding steroid dienone is 16. The lowest BCUT2D eigenvalue weighted by atomic mass is 10.1. The Bertz CT molecular complexity index is 1560. The highest BCUT2D eigenvalue weighted by atomic mass is 31.2. The molecule has 0 saturated carbocycles. The molecular weight excluding hydrogens is 862 g/mol. The van der Waals surface area contributed by atoms with Gasteiger partial charge < -0.3 is 34.4 Å². The van der Waals surface area contributed by atoms with Crippen molar-refractivity contribution in [1.29, 1.82) is 0 Å². The zero-order chi connectivity index (χ0) is 47.4. The Morgan fingerprint density at radius 3 is 1.66 bits per heavy atom.